The molecule has 0 aromatic heterocycles. The molecule has 42 valence electrons. The first-order valence-corrected chi connectivity index (χ1v) is 1.52. The number of aliphatic carboxylic acids is 1. The van der Waals surface area contributed by atoms with Gasteiger partial charge in [0, 0.05) is 7.89 Å². The first-order chi connectivity index (χ1) is 3.89. The van der Waals surface area contributed by atoms with E-state index < -0.39 is 18.6 Å². The summed E-state index contributed by atoms with van der Waals surface area (Å²) in [7, 11) is 0. The predicted molar refractivity (Wildman–Crippen MR) is 22.7 cm³/mol. The van der Waals surface area contributed by atoms with E-state index in [9.17, 15) is 4.79 Å². The van der Waals surface area contributed by atoms with Crippen molar-refractivity contribution in [3.63, 3.8) is 0 Å². The highest BCUT2D eigenvalue weighted by molar-refractivity contribution is 5.72. The van der Waals surface area contributed by atoms with Gasteiger partial charge in [-0.1, -0.05) is 0 Å². The Balaban J connectivity index is 4.19. The Hall–Kier alpha value is -0.610. The number of rotatable bonds is 2. The number of aliphatic hydroxyl groups is 1. The SMILES string of the molecule is [2H][C@H](N)[C@]([2H])(O)C(=O)O. The van der Waals surface area contributed by atoms with Crippen molar-refractivity contribution in [1.82, 2.24) is 0 Å². The molecule has 7 heavy (non-hydrogen) atoms. The van der Waals surface area contributed by atoms with Gasteiger partial charge < -0.3 is 15.9 Å². The average Bonchev–Trinajstić information content (AvgIpc) is 1.65. The maximum atomic E-state index is 9.82. The van der Waals surface area contributed by atoms with Gasteiger partial charge in [-0.25, -0.2) is 4.79 Å². The number of carboxylic acid groups (broad SMARTS) is 1. The predicted octanol–water partition coefficient (Wildman–Crippen LogP) is -1.61. The molecule has 0 unspecified atom stereocenters. The molecule has 0 aromatic rings. The Morgan fingerprint density at radius 2 is 2.71 bits per heavy atom. The lowest BCUT2D eigenvalue weighted by Crippen LogP contribution is -2.28. The lowest BCUT2D eigenvalue weighted by atomic mass is 10.4. The van der Waals surface area contributed by atoms with Gasteiger partial charge in [0.1, 0.15) is 0 Å². The number of nitrogens with two attached hydrogens (primary N) is 1. The van der Waals surface area contributed by atoms with E-state index >= 15 is 0 Å². The van der Waals surface area contributed by atoms with Crippen molar-refractivity contribution in [2.45, 2.75) is 6.08 Å². The molecule has 0 aliphatic rings. The van der Waals surface area contributed by atoms with Gasteiger partial charge in [0.2, 0.25) is 0 Å². The molecule has 0 bridgehead atoms. The van der Waals surface area contributed by atoms with Crippen LogP contribution in [0, 0.1) is 0 Å². The molecular formula is C3H7NO3. The molecule has 0 aliphatic carbocycles. The smallest absolute Gasteiger partial charge is 0.333 e. The molecule has 2 atom stereocenters. The van der Waals surface area contributed by atoms with Gasteiger partial charge in [-0.15, -0.1) is 0 Å². The van der Waals surface area contributed by atoms with Crippen LogP contribution >= 0.6 is 0 Å². The minimum absolute atomic E-state index is 1.81. The Morgan fingerprint density at radius 1 is 2.29 bits per heavy atom. The van der Waals surface area contributed by atoms with E-state index in [2.05, 4.69) is 5.73 Å². The minimum atomic E-state index is -2.89. The Bertz CT molecular complexity index is 124. The number of hydrogen-bond acceptors (Lipinski definition) is 3. The van der Waals surface area contributed by atoms with Crippen LogP contribution in [0.25, 0.3) is 0 Å². The third kappa shape index (κ3) is 2.13. The average molecular weight is 107 g/mol. The van der Waals surface area contributed by atoms with Gasteiger partial charge in [-0.05, 0) is 0 Å². The maximum absolute atomic E-state index is 9.82. The number of carbonyl (C=O) groups is 1. The highest BCUT2D eigenvalue weighted by atomic mass is 16.4. The van der Waals surface area contributed by atoms with Crippen molar-refractivity contribution in [3.8, 4) is 0 Å². The van der Waals surface area contributed by atoms with Crippen molar-refractivity contribution in [3.05, 3.63) is 0 Å². The van der Waals surface area contributed by atoms with Crippen LogP contribution in [-0.2, 0) is 4.79 Å². The summed E-state index contributed by atoms with van der Waals surface area (Å²) in [5.74, 6) is -1.81. The molecule has 4 heteroatoms. The first kappa shape index (κ1) is 3.40. The van der Waals surface area contributed by atoms with E-state index in [1.54, 1.807) is 0 Å². The number of carboxylic acids is 1. The van der Waals surface area contributed by atoms with Crippen molar-refractivity contribution in [1.29, 1.82) is 0 Å². The summed E-state index contributed by atoms with van der Waals surface area (Å²) in [6.07, 6.45) is -2.89. The summed E-state index contributed by atoms with van der Waals surface area (Å²) in [5, 5.41) is 16.4. The van der Waals surface area contributed by atoms with Gasteiger partial charge in [0.05, 0.1) is 1.37 Å². The topological polar surface area (TPSA) is 83.5 Å². The van der Waals surface area contributed by atoms with Crippen molar-refractivity contribution >= 4 is 5.97 Å². The number of hydrogen-bond donors (Lipinski definition) is 3. The molecule has 4 nitrogen and oxygen atoms in total. The van der Waals surface area contributed by atoms with E-state index in [0.717, 1.165) is 0 Å². The van der Waals surface area contributed by atoms with E-state index in [1.165, 1.54) is 0 Å². The van der Waals surface area contributed by atoms with Crippen LogP contribution < -0.4 is 5.73 Å². The molecule has 0 aliphatic heterocycles. The standard InChI is InChI=1S/C3H7NO3/c4-1-2(5)3(6)7/h2,5H,1,4H2,(H,6,7)/t2-/m0/s1/i1D,2D/t1-,2-. The van der Waals surface area contributed by atoms with Crippen LogP contribution in [0.5, 0.6) is 0 Å². The maximum Gasteiger partial charge on any atom is 0.333 e. The molecule has 4 N–H and O–H groups in total. The summed E-state index contributed by atoms with van der Waals surface area (Å²) in [6, 6.07) is 0. The molecule has 0 spiro atoms. The van der Waals surface area contributed by atoms with Crippen LogP contribution in [0.4, 0.5) is 0 Å². The zero-order valence-electron chi connectivity index (χ0n) is 5.46. The van der Waals surface area contributed by atoms with Crippen LogP contribution in [0.2, 0.25) is 0 Å². The monoisotopic (exact) mass is 107 g/mol. The second-order valence-electron chi connectivity index (χ2n) is 0.857. The molecule has 0 amide bonds. The lowest BCUT2D eigenvalue weighted by molar-refractivity contribution is -0.145. The zero-order chi connectivity index (χ0) is 7.65. The van der Waals surface area contributed by atoms with Gasteiger partial charge in [0.15, 0.2) is 6.08 Å². The molecule has 0 saturated heterocycles. The molecule has 0 fully saturated rings. The van der Waals surface area contributed by atoms with Crippen LogP contribution in [0.3, 0.4) is 0 Å². The summed E-state index contributed by atoms with van der Waals surface area (Å²) >= 11 is 0. The minimum Gasteiger partial charge on any atom is -0.479 e. The summed E-state index contributed by atoms with van der Waals surface area (Å²) in [4.78, 5) is 9.82. The third-order valence-corrected chi connectivity index (χ3v) is 0.377. The second kappa shape index (κ2) is 2.54. The molecular weight excluding hydrogens is 98.0 g/mol. The molecule has 0 heterocycles. The molecule has 0 radical (unpaired) electrons. The van der Waals surface area contributed by atoms with Gasteiger partial charge in [-0.2, -0.15) is 0 Å². The highest BCUT2D eigenvalue weighted by Gasteiger charge is 2.07. The van der Waals surface area contributed by atoms with Crippen LogP contribution in [-0.4, -0.2) is 28.8 Å². The van der Waals surface area contributed by atoms with Crippen LogP contribution in [0.1, 0.15) is 2.74 Å². The van der Waals surface area contributed by atoms with Crippen molar-refractivity contribution < 1.29 is 17.7 Å². The summed E-state index contributed by atoms with van der Waals surface area (Å²) < 4.78 is 12.9. The Labute approximate surface area is 43.4 Å². The Morgan fingerprint density at radius 3 is 2.71 bits per heavy atom. The van der Waals surface area contributed by atoms with Crippen molar-refractivity contribution in [2.75, 3.05) is 6.52 Å². The van der Waals surface area contributed by atoms with E-state index in [1.807, 2.05) is 0 Å². The fourth-order valence-electron chi connectivity index (χ4n) is 0.0713. The quantitative estimate of drug-likeness (QED) is 0.396. The second-order valence-corrected chi connectivity index (χ2v) is 0.857. The highest BCUT2D eigenvalue weighted by Crippen LogP contribution is 1.73. The van der Waals surface area contributed by atoms with E-state index in [-0.39, 0.29) is 0 Å². The van der Waals surface area contributed by atoms with Gasteiger partial charge in [-0.3, -0.25) is 0 Å². The van der Waals surface area contributed by atoms with E-state index in [4.69, 9.17) is 13.0 Å². The van der Waals surface area contributed by atoms with Crippen molar-refractivity contribution in [2.24, 2.45) is 5.73 Å². The fraction of sp³-hybridized carbons (Fsp3) is 0.667. The van der Waals surface area contributed by atoms with E-state index in [0.29, 0.717) is 0 Å². The first-order valence-electron chi connectivity index (χ1n) is 2.60. The lowest BCUT2D eigenvalue weighted by Gasteiger charge is -1.96. The third-order valence-electron chi connectivity index (χ3n) is 0.377. The normalized spacial score (nSPS) is 26.6. The fourth-order valence-corrected chi connectivity index (χ4v) is 0.0713. The van der Waals surface area contributed by atoms with Crippen LogP contribution in [0.15, 0.2) is 0 Å². The zero-order valence-corrected chi connectivity index (χ0v) is 3.46. The molecule has 0 rings (SSSR count). The summed E-state index contributed by atoms with van der Waals surface area (Å²) in [5.41, 5.74) is 4.62. The Kier molecular flexibility index (Phi) is 1.24. The molecule has 0 saturated carbocycles. The van der Waals surface area contributed by atoms with Gasteiger partial charge in [0.25, 0.3) is 0 Å². The largest absolute Gasteiger partial charge is 0.479 e. The molecule has 0 aromatic carbocycles. The summed E-state index contributed by atoms with van der Waals surface area (Å²) in [6.45, 7) is -1.84. The van der Waals surface area contributed by atoms with Gasteiger partial charge >= 0.3 is 5.97 Å².